The van der Waals surface area contributed by atoms with Crippen LogP contribution in [-0.4, -0.2) is 33.5 Å². The molecule has 1 fully saturated rings. The van der Waals surface area contributed by atoms with Crippen LogP contribution in [0.4, 0.5) is 0 Å². The minimum absolute atomic E-state index is 0.228. The molecule has 1 saturated heterocycles. The summed E-state index contributed by atoms with van der Waals surface area (Å²) in [7, 11) is 3.36. The lowest BCUT2D eigenvalue weighted by molar-refractivity contribution is 0.177. The van der Waals surface area contributed by atoms with Gasteiger partial charge in [-0.15, -0.1) is 0 Å². The minimum Gasteiger partial charge on any atom is -0.497 e. The average molecular weight is 279 g/mol. The van der Waals surface area contributed by atoms with E-state index in [9.17, 15) is 0 Å². The highest BCUT2D eigenvalue weighted by molar-refractivity contribution is 5.42. The molecule has 112 valence electrons. The topological polar surface area (TPSA) is 39.7 Å². The normalized spacial score (nSPS) is 21.5. The molecule has 3 unspecified atom stereocenters. The number of benzene rings is 1. The highest BCUT2D eigenvalue weighted by Gasteiger charge is 2.24. The molecule has 0 bridgehead atoms. The molecule has 4 nitrogen and oxygen atoms in total. The van der Waals surface area contributed by atoms with Crippen molar-refractivity contribution in [3.63, 3.8) is 0 Å². The number of hydrogen-bond acceptors (Lipinski definition) is 4. The van der Waals surface area contributed by atoms with Crippen LogP contribution < -0.4 is 14.8 Å². The van der Waals surface area contributed by atoms with Gasteiger partial charge in [0.25, 0.3) is 0 Å². The van der Waals surface area contributed by atoms with E-state index in [0.29, 0.717) is 12.0 Å². The highest BCUT2D eigenvalue weighted by Crippen LogP contribution is 2.30. The monoisotopic (exact) mass is 279 g/mol. The quantitative estimate of drug-likeness (QED) is 0.869. The molecule has 0 aromatic heterocycles. The van der Waals surface area contributed by atoms with E-state index < -0.39 is 0 Å². The van der Waals surface area contributed by atoms with E-state index in [2.05, 4.69) is 25.2 Å². The Bertz CT molecular complexity index is 430. The zero-order valence-electron chi connectivity index (χ0n) is 12.8. The van der Waals surface area contributed by atoms with Gasteiger partial charge in [-0.2, -0.15) is 0 Å². The Balaban J connectivity index is 2.05. The van der Waals surface area contributed by atoms with Crippen molar-refractivity contribution in [1.29, 1.82) is 0 Å². The molecular formula is C16H25NO3. The van der Waals surface area contributed by atoms with Gasteiger partial charge in [-0.25, -0.2) is 0 Å². The van der Waals surface area contributed by atoms with Crippen molar-refractivity contribution < 1.29 is 14.2 Å². The summed E-state index contributed by atoms with van der Waals surface area (Å²) in [6, 6.07) is 6.62. The molecule has 1 aliphatic heterocycles. The fourth-order valence-electron chi connectivity index (χ4n) is 2.74. The molecule has 2 rings (SSSR count). The molecule has 0 radical (unpaired) electrons. The van der Waals surface area contributed by atoms with Gasteiger partial charge in [-0.05, 0) is 32.3 Å². The van der Waals surface area contributed by atoms with Crippen molar-refractivity contribution in [3.05, 3.63) is 23.8 Å². The average Bonchev–Trinajstić information content (AvgIpc) is 3.00. The molecular weight excluding hydrogens is 254 g/mol. The second-order valence-corrected chi connectivity index (χ2v) is 5.41. The maximum Gasteiger partial charge on any atom is 0.127 e. The van der Waals surface area contributed by atoms with E-state index in [4.69, 9.17) is 14.2 Å². The van der Waals surface area contributed by atoms with Gasteiger partial charge in [-0.3, -0.25) is 0 Å². The molecule has 1 heterocycles. The van der Waals surface area contributed by atoms with E-state index in [1.54, 1.807) is 14.2 Å². The zero-order valence-corrected chi connectivity index (χ0v) is 12.8. The summed E-state index contributed by atoms with van der Waals surface area (Å²) in [5, 5.41) is 3.65. The van der Waals surface area contributed by atoms with Crippen LogP contribution in [-0.2, 0) is 4.74 Å². The van der Waals surface area contributed by atoms with Gasteiger partial charge >= 0.3 is 0 Å². The van der Waals surface area contributed by atoms with E-state index in [1.807, 2.05) is 12.1 Å². The van der Waals surface area contributed by atoms with Gasteiger partial charge in [0.2, 0.25) is 0 Å². The van der Waals surface area contributed by atoms with Crippen molar-refractivity contribution in [2.24, 2.45) is 5.92 Å². The molecule has 0 spiro atoms. The molecule has 1 aromatic rings. The first-order valence-electron chi connectivity index (χ1n) is 7.21. The van der Waals surface area contributed by atoms with E-state index in [0.717, 1.165) is 36.7 Å². The second kappa shape index (κ2) is 6.95. The van der Waals surface area contributed by atoms with Crippen LogP contribution >= 0.6 is 0 Å². The molecule has 0 saturated carbocycles. The number of rotatable bonds is 6. The lowest BCUT2D eigenvalue weighted by Gasteiger charge is -2.25. The molecule has 1 aliphatic rings. The van der Waals surface area contributed by atoms with Gasteiger partial charge in [-0.1, -0.05) is 6.07 Å². The number of nitrogens with one attached hydrogen (secondary N) is 1. The van der Waals surface area contributed by atoms with Crippen LogP contribution in [0.1, 0.15) is 31.9 Å². The van der Waals surface area contributed by atoms with Crippen LogP contribution in [0.5, 0.6) is 11.5 Å². The predicted octanol–water partition coefficient (Wildman–Crippen LogP) is 2.78. The van der Waals surface area contributed by atoms with E-state index >= 15 is 0 Å². The van der Waals surface area contributed by atoms with Crippen LogP contribution in [0, 0.1) is 5.92 Å². The first-order valence-corrected chi connectivity index (χ1v) is 7.21. The van der Waals surface area contributed by atoms with Crippen molar-refractivity contribution in [3.8, 4) is 11.5 Å². The van der Waals surface area contributed by atoms with Gasteiger partial charge in [0, 0.05) is 30.3 Å². The SMILES string of the molecule is COc1ccc(C(C)NC(C)C2CCOC2)c(OC)c1. The first kappa shape index (κ1) is 15.1. The first-order chi connectivity index (χ1) is 9.65. The summed E-state index contributed by atoms with van der Waals surface area (Å²) < 4.78 is 16.2. The number of hydrogen-bond donors (Lipinski definition) is 1. The maximum atomic E-state index is 5.47. The predicted molar refractivity (Wildman–Crippen MR) is 79.5 cm³/mol. The molecule has 20 heavy (non-hydrogen) atoms. The molecule has 1 aromatic carbocycles. The molecule has 0 aliphatic carbocycles. The minimum atomic E-state index is 0.228. The van der Waals surface area contributed by atoms with Crippen molar-refractivity contribution in [2.75, 3.05) is 27.4 Å². The Hall–Kier alpha value is -1.26. The highest BCUT2D eigenvalue weighted by atomic mass is 16.5. The van der Waals surface area contributed by atoms with Gasteiger partial charge < -0.3 is 19.5 Å². The number of ether oxygens (including phenoxy) is 3. The standard InChI is InChI=1S/C16H25NO3/c1-11(13-7-8-20-10-13)17-12(2)15-6-5-14(18-3)9-16(15)19-4/h5-6,9,11-13,17H,7-8,10H2,1-4H3. The summed E-state index contributed by atoms with van der Waals surface area (Å²) >= 11 is 0. The summed E-state index contributed by atoms with van der Waals surface area (Å²) in [6.07, 6.45) is 1.14. The van der Waals surface area contributed by atoms with Crippen LogP contribution in [0.15, 0.2) is 18.2 Å². The fraction of sp³-hybridized carbons (Fsp3) is 0.625. The van der Waals surface area contributed by atoms with Gasteiger partial charge in [0.1, 0.15) is 11.5 Å². The number of methoxy groups -OCH3 is 2. The smallest absolute Gasteiger partial charge is 0.127 e. The van der Waals surface area contributed by atoms with Gasteiger partial charge in [0.05, 0.1) is 20.8 Å². The summed E-state index contributed by atoms with van der Waals surface area (Å²) in [5.74, 6) is 2.27. The Morgan fingerprint density at radius 1 is 1.25 bits per heavy atom. The fourth-order valence-corrected chi connectivity index (χ4v) is 2.74. The summed E-state index contributed by atoms with van der Waals surface area (Å²) in [4.78, 5) is 0. The van der Waals surface area contributed by atoms with E-state index in [1.165, 1.54) is 0 Å². The second-order valence-electron chi connectivity index (χ2n) is 5.41. The zero-order chi connectivity index (χ0) is 14.5. The van der Waals surface area contributed by atoms with E-state index in [-0.39, 0.29) is 6.04 Å². The Labute approximate surface area is 121 Å². The van der Waals surface area contributed by atoms with Crippen LogP contribution in [0.3, 0.4) is 0 Å². The molecule has 3 atom stereocenters. The molecule has 0 amide bonds. The summed E-state index contributed by atoms with van der Waals surface area (Å²) in [5.41, 5.74) is 1.15. The molecule has 4 heteroatoms. The third kappa shape index (κ3) is 3.44. The Morgan fingerprint density at radius 2 is 2.05 bits per heavy atom. The van der Waals surface area contributed by atoms with Crippen molar-refractivity contribution >= 4 is 0 Å². The third-order valence-electron chi connectivity index (χ3n) is 4.09. The summed E-state index contributed by atoms with van der Waals surface area (Å²) in [6.45, 7) is 6.14. The Morgan fingerprint density at radius 3 is 2.65 bits per heavy atom. The van der Waals surface area contributed by atoms with Crippen molar-refractivity contribution in [1.82, 2.24) is 5.32 Å². The van der Waals surface area contributed by atoms with Crippen LogP contribution in [0.2, 0.25) is 0 Å². The lowest BCUT2D eigenvalue weighted by Crippen LogP contribution is -2.35. The lowest BCUT2D eigenvalue weighted by atomic mass is 9.98. The molecule has 1 N–H and O–H groups in total. The van der Waals surface area contributed by atoms with Gasteiger partial charge in [0.15, 0.2) is 0 Å². The largest absolute Gasteiger partial charge is 0.497 e. The maximum absolute atomic E-state index is 5.47. The third-order valence-corrected chi connectivity index (χ3v) is 4.09. The van der Waals surface area contributed by atoms with Crippen LogP contribution in [0.25, 0.3) is 0 Å². The Kier molecular flexibility index (Phi) is 5.26. The van der Waals surface area contributed by atoms with Crippen molar-refractivity contribution in [2.45, 2.75) is 32.4 Å².